The van der Waals surface area contributed by atoms with Crippen LogP contribution >= 0.6 is 0 Å². The summed E-state index contributed by atoms with van der Waals surface area (Å²) in [6, 6.07) is 27.3. The van der Waals surface area contributed by atoms with Gasteiger partial charge >= 0.3 is 5.97 Å². The molecule has 0 N–H and O–H groups in total. The minimum Gasteiger partial charge on any atom is -0.489 e. The van der Waals surface area contributed by atoms with Crippen molar-refractivity contribution in [2.45, 2.75) is 65.6 Å². The average Bonchev–Trinajstić information content (AvgIpc) is 2.86. The average molecular weight is 474 g/mol. The predicted molar refractivity (Wildman–Crippen MR) is 143 cm³/mol. The first kappa shape index (κ1) is 26.5. The number of rotatable bonds is 12. The van der Waals surface area contributed by atoms with Crippen molar-refractivity contribution >= 4 is 5.97 Å². The number of hydrogen-bond donors (Lipinski definition) is 0. The molecule has 0 aliphatic rings. The van der Waals surface area contributed by atoms with E-state index in [-0.39, 0.29) is 11.9 Å². The van der Waals surface area contributed by atoms with E-state index in [1.54, 1.807) is 6.07 Å². The molecule has 4 heteroatoms. The zero-order valence-electron chi connectivity index (χ0n) is 21.7. The van der Waals surface area contributed by atoms with Crippen LogP contribution in [0, 0.1) is 0 Å². The van der Waals surface area contributed by atoms with E-state index in [1.807, 2.05) is 43.3 Å². The van der Waals surface area contributed by atoms with Gasteiger partial charge in [-0.2, -0.15) is 0 Å². The minimum atomic E-state index is -0.304. The second-order valence-electron chi connectivity index (χ2n) is 9.42. The minimum absolute atomic E-state index is 0.0800. The zero-order chi connectivity index (χ0) is 25.2. The SMILES string of the molecule is CCOC(=O)c1ccc(OCc2ccccc2)c(C(CCN(C(C)C)C(C)C)c2ccccc2)c1. The highest BCUT2D eigenvalue weighted by Crippen LogP contribution is 2.36. The number of esters is 1. The third kappa shape index (κ3) is 7.43. The second kappa shape index (κ2) is 13.1. The fourth-order valence-electron chi connectivity index (χ4n) is 4.61. The largest absolute Gasteiger partial charge is 0.489 e. The first-order valence-corrected chi connectivity index (χ1v) is 12.7. The summed E-state index contributed by atoms with van der Waals surface area (Å²) in [7, 11) is 0. The van der Waals surface area contributed by atoms with Gasteiger partial charge in [-0.05, 0) is 76.9 Å². The molecule has 3 aromatic carbocycles. The summed E-state index contributed by atoms with van der Waals surface area (Å²) in [5.74, 6) is 0.578. The summed E-state index contributed by atoms with van der Waals surface area (Å²) in [4.78, 5) is 15.1. The van der Waals surface area contributed by atoms with Gasteiger partial charge in [0.25, 0.3) is 0 Å². The Balaban J connectivity index is 2.01. The molecule has 0 saturated heterocycles. The van der Waals surface area contributed by atoms with Crippen LogP contribution < -0.4 is 4.74 Å². The van der Waals surface area contributed by atoms with Crippen LogP contribution in [0.25, 0.3) is 0 Å². The van der Waals surface area contributed by atoms with Crippen molar-refractivity contribution in [1.29, 1.82) is 0 Å². The molecule has 0 aromatic heterocycles. The van der Waals surface area contributed by atoms with E-state index < -0.39 is 0 Å². The molecule has 0 spiro atoms. The van der Waals surface area contributed by atoms with Gasteiger partial charge in [0.15, 0.2) is 0 Å². The number of benzene rings is 3. The molecule has 3 aromatic rings. The molecule has 3 rings (SSSR count). The van der Waals surface area contributed by atoms with Crippen LogP contribution in [0.1, 0.15) is 74.0 Å². The quantitative estimate of drug-likeness (QED) is 0.263. The maximum absolute atomic E-state index is 12.6. The Bertz CT molecular complexity index is 1040. The Hall–Kier alpha value is -3.11. The van der Waals surface area contributed by atoms with E-state index in [2.05, 4.69) is 69.0 Å². The van der Waals surface area contributed by atoms with E-state index in [9.17, 15) is 4.79 Å². The lowest BCUT2D eigenvalue weighted by atomic mass is 9.86. The van der Waals surface area contributed by atoms with Crippen LogP contribution in [0.4, 0.5) is 0 Å². The standard InChI is InChI=1S/C31H39NO3/c1-6-34-31(33)27-17-18-30(35-22-25-13-9-7-10-14-25)29(21-27)28(26-15-11-8-12-16-26)19-20-32(23(2)3)24(4)5/h7-18,21,23-24,28H,6,19-20,22H2,1-5H3. The number of nitrogens with zero attached hydrogens (tertiary/aromatic N) is 1. The van der Waals surface area contributed by atoms with Crippen molar-refractivity contribution in [1.82, 2.24) is 4.90 Å². The van der Waals surface area contributed by atoms with Gasteiger partial charge in [0.05, 0.1) is 12.2 Å². The molecule has 0 aliphatic carbocycles. The number of carbonyl (C=O) groups is 1. The molecule has 0 heterocycles. The van der Waals surface area contributed by atoms with Crippen molar-refractivity contribution in [2.75, 3.05) is 13.2 Å². The van der Waals surface area contributed by atoms with Crippen molar-refractivity contribution in [3.63, 3.8) is 0 Å². The van der Waals surface area contributed by atoms with Gasteiger partial charge in [0, 0.05) is 23.6 Å². The van der Waals surface area contributed by atoms with Gasteiger partial charge in [-0.3, -0.25) is 4.90 Å². The monoisotopic (exact) mass is 473 g/mol. The van der Waals surface area contributed by atoms with Gasteiger partial charge in [0.1, 0.15) is 12.4 Å². The Kier molecular flexibility index (Phi) is 9.92. The molecule has 0 fully saturated rings. The third-order valence-electron chi connectivity index (χ3n) is 6.34. The maximum atomic E-state index is 12.6. The molecule has 35 heavy (non-hydrogen) atoms. The van der Waals surface area contributed by atoms with Gasteiger partial charge in [-0.15, -0.1) is 0 Å². The molecule has 0 saturated carbocycles. The second-order valence-corrected chi connectivity index (χ2v) is 9.42. The topological polar surface area (TPSA) is 38.8 Å². The van der Waals surface area contributed by atoms with Crippen LogP contribution in [0.3, 0.4) is 0 Å². The molecular weight excluding hydrogens is 434 g/mol. The van der Waals surface area contributed by atoms with Crippen LogP contribution in [0.2, 0.25) is 0 Å². The molecule has 1 unspecified atom stereocenters. The molecule has 0 aliphatic heterocycles. The molecule has 0 radical (unpaired) electrons. The molecular formula is C31H39NO3. The fraction of sp³-hybridized carbons (Fsp3) is 0.387. The maximum Gasteiger partial charge on any atom is 0.338 e. The smallest absolute Gasteiger partial charge is 0.338 e. The Morgan fingerprint density at radius 1 is 0.857 bits per heavy atom. The van der Waals surface area contributed by atoms with Gasteiger partial charge in [-0.1, -0.05) is 60.7 Å². The Labute approximate surface area is 210 Å². The van der Waals surface area contributed by atoms with E-state index >= 15 is 0 Å². The zero-order valence-corrected chi connectivity index (χ0v) is 21.7. The highest BCUT2D eigenvalue weighted by atomic mass is 16.5. The molecule has 1 atom stereocenters. The van der Waals surface area contributed by atoms with Gasteiger partial charge < -0.3 is 9.47 Å². The van der Waals surface area contributed by atoms with E-state index in [4.69, 9.17) is 9.47 Å². The first-order valence-electron chi connectivity index (χ1n) is 12.7. The summed E-state index contributed by atoms with van der Waals surface area (Å²) in [6.45, 7) is 12.6. The summed E-state index contributed by atoms with van der Waals surface area (Å²) in [5.41, 5.74) is 3.89. The lowest BCUT2D eigenvalue weighted by Gasteiger charge is -2.32. The predicted octanol–water partition coefficient (Wildman–Crippen LogP) is 7.08. The molecule has 0 amide bonds. The highest BCUT2D eigenvalue weighted by Gasteiger charge is 2.23. The number of ether oxygens (including phenoxy) is 2. The summed E-state index contributed by atoms with van der Waals surface area (Å²) < 4.78 is 11.7. The first-order chi connectivity index (χ1) is 16.9. The van der Waals surface area contributed by atoms with Crippen molar-refractivity contribution in [2.24, 2.45) is 0 Å². The molecule has 186 valence electrons. The van der Waals surface area contributed by atoms with Crippen LogP contribution in [-0.2, 0) is 11.3 Å². The summed E-state index contributed by atoms with van der Waals surface area (Å²) >= 11 is 0. The summed E-state index contributed by atoms with van der Waals surface area (Å²) in [6.07, 6.45) is 0.911. The van der Waals surface area contributed by atoms with Crippen LogP contribution in [0.5, 0.6) is 5.75 Å². The lowest BCUT2D eigenvalue weighted by Crippen LogP contribution is -2.38. The fourth-order valence-corrected chi connectivity index (χ4v) is 4.61. The number of carbonyl (C=O) groups excluding carboxylic acids is 1. The van der Waals surface area contributed by atoms with Crippen molar-refractivity contribution in [3.8, 4) is 5.75 Å². The van der Waals surface area contributed by atoms with Gasteiger partial charge in [-0.25, -0.2) is 4.79 Å². The van der Waals surface area contributed by atoms with E-state index in [0.717, 1.165) is 29.8 Å². The normalized spacial score (nSPS) is 12.2. The Morgan fingerprint density at radius 2 is 1.49 bits per heavy atom. The van der Waals surface area contributed by atoms with E-state index in [1.165, 1.54) is 5.56 Å². The molecule has 0 bridgehead atoms. The van der Waals surface area contributed by atoms with Crippen molar-refractivity contribution in [3.05, 3.63) is 101 Å². The van der Waals surface area contributed by atoms with E-state index in [0.29, 0.717) is 30.9 Å². The Morgan fingerprint density at radius 3 is 2.09 bits per heavy atom. The summed E-state index contributed by atoms with van der Waals surface area (Å²) in [5, 5.41) is 0. The van der Waals surface area contributed by atoms with Crippen LogP contribution in [0.15, 0.2) is 78.9 Å². The highest BCUT2D eigenvalue weighted by molar-refractivity contribution is 5.90. The third-order valence-corrected chi connectivity index (χ3v) is 6.34. The number of hydrogen-bond acceptors (Lipinski definition) is 4. The van der Waals surface area contributed by atoms with Crippen molar-refractivity contribution < 1.29 is 14.3 Å². The molecule has 4 nitrogen and oxygen atoms in total. The van der Waals surface area contributed by atoms with Crippen LogP contribution in [-0.4, -0.2) is 36.1 Å². The van der Waals surface area contributed by atoms with Gasteiger partial charge in [0.2, 0.25) is 0 Å². The lowest BCUT2D eigenvalue weighted by molar-refractivity contribution is 0.0526.